The Morgan fingerprint density at radius 2 is 1.11 bits per heavy atom. The lowest BCUT2D eigenvalue weighted by molar-refractivity contribution is -0.00118. The van der Waals surface area contributed by atoms with Crippen molar-refractivity contribution in [2.45, 2.75) is 12.2 Å². The van der Waals surface area contributed by atoms with Gasteiger partial charge in [0, 0.05) is 24.8 Å². The molecule has 0 fully saturated rings. The minimum Gasteiger partial charge on any atom is -0.508 e. The van der Waals surface area contributed by atoms with Crippen molar-refractivity contribution in [2.75, 3.05) is 21.3 Å². The van der Waals surface area contributed by atoms with Crippen LogP contribution in [-0.4, -0.2) is 36.6 Å². The third-order valence-corrected chi connectivity index (χ3v) is 5.99. The average Bonchev–Trinajstić information content (AvgIpc) is 2.92. The van der Waals surface area contributed by atoms with E-state index in [2.05, 4.69) is 0 Å². The fourth-order valence-corrected chi connectivity index (χ4v) is 4.11. The van der Waals surface area contributed by atoms with Gasteiger partial charge in [-0.25, -0.2) is 0 Å². The van der Waals surface area contributed by atoms with Crippen molar-refractivity contribution < 1.29 is 34.3 Å². The first-order chi connectivity index (χ1) is 18.4. The van der Waals surface area contributed by atoms with E-state index in [1.165, 1.54) is 6.07 Å². The molecule has 3 N–H and O–H groups in total. The quantitative estimate of drug-likeness (QED) is 0.208. The fourth-order valence-electron chi connectivity index (χ4n) is 4.11. The van der Waals surface area contributed by atoms with Gasteiger partial charge in [-0.1, -0.05) is 36.4 Å². The van der Waals surface area contributed by atoms with Gasteiger partial charge in [-0.15, -0.1) is 0 Å². The lowest BCUT2D eigenvalue weighted by atomic mass is 9.97. The van der Waals surface area contributed by atoms with Crippen molar-refractivity contribution in [3.63, 3.8) is 0 Å². The molecule has 0 spiro atoms. The third-order valence-electron chi connectivity index (χ3n) is 5.99. The van der Waals surface area contributed by atoms with Crippen LogP contribution >= 0.6 is 0 Å². The summed E-state index contributed by atoms with van der Waals surface area (Å²) in [4.78, 5) is 0. The van der Waals surface area contributed by atoms with Crippen LogP contribution in [0, 0.1) is 0 Å². The highest BCUT2D eigenvalue weighted by Gasteiger charge is 2.28. The molecule has 0 aliphatic carbocycles. The van der Waals surface area contributed by atoms with E-state index >= 15 is 0 Å². The molecule has 0 saturated heterocycles. The van der Waals surface area contributed by atoms with E-state index in [1.807, 2.05) is 42.5 Å². The Bertz CT molecular complexity index is 1340. The first kappa shape index (κ1) is 26.4. The Kier molecular flexibility index (Phi) is 8.40. The summed E-state index contributed by atoms with van der Waals surface area (Å²) in [5.74, 6) is 2.00. The number of hydrogen-bond acceptors (Lipinski definition) is 7. The lowest BCUT2D eigenvalue weighted by Crippen LogP contribution is -2.19. The second kappa shape index (κ2) is 12.1. The van der Waals surface area contributed by atoms with Gasteiger partial charge in [0.1, 0.15) is 40.6 Å². The van der Waals surface area contributed by atoms with Gasteiger partial charge in [0.15, 0.2) is 6.10 Å². The lowest BCUT2D eigenvalue weighted by Gasteiger charge is -2.28. The van der Waals surface area contributed by atoms with E-state index in [4.69, 9.17) is 18.9 Å². The van der Waals surface area contributed by atoms with Gasteiger partial charge in [-0.05, 0) is 65.2 Å². The average molecular weight is 515 g/mol. The minimum atomic E-state index is -0.579. The molecule has 0 heterocycles. The van der Waals surface area contributed by atoms with Crippen molar-refractivity contribution in [2.24, 2.45) is 0 Å². The molecule has 38 heavy (non-hydrogen) atoms. The molecule has 7 heteroatoms. The molecule has 4 aromatic rings. The molecule has 0 aliphatic rings. The third kappa shape index (κ3) is 6.57. The van der Waals surface area contributed by atoms with Crippen LogP contribution in [-0.2, 0) is 4.74 Å². The number of phenols is 3. The van der Waals surface area contributed by atoms with Crippen LogP contribution in [0.3, 0.4) is 0 Å². The molecule has 4 rings (SSSR count). The van der Waals surface area contributed by atoms with Gasteiger partial charge in [0.05, 0.1) is 14.2 Å². The SMILES string of the molecule is COc1cc(OC)cc(C(Oc2ccc(/C=C/c3cc(O)cc(O)c3)cc2)C(OC)c2ccc(O)cc2)c1. The number of methoxy groups -OCH3 is 3. The van der Waals surface area contributed by atoms with Crippen molar-refractivity contribution in [3.8, 4) is 34.5 Å². The van der Waals surface area contributed by atoms with E-state index in [1.54, 1.807) is 69.9 Å². The summed E-state index contributed by atoms with van der Waals surface area (Å²) in [7, 11) is 4.79. The summed E-state index contributed by atoms with van der Waals surface area (Å²) in [6.07, 6.45) is 2.58. The Morgan fingerprint density at radius 3 is 1.66 bits per heavy atom. The maximum atomic E-state index is 9.77. The van der Waals surface area contributed by atoms with E-state index in [0.29, 0.717) is 22.8 Å². The summed E-state index contributed by atoms with van der Waals surface area (Å²) in [5, 5.41) is 29.1. The summed E-state index contributed by atoms with van der Waals surface area (Å²) in [6, 6.07) is 24.3. The molecule has 7 nitrogen and oxygen atoms in total. The Labute approximate surface area is 221 Å². The second-order valence-corrected chi connectivity index (χ2v) is 8.62. The smallest absolute Gasteiger partial charge is 0.154 e. The number of rotatable bonds is 10. The van der Waals surface area contributed by atoms with Crippen LogP contribution in [0.25, 0.3) is 12.2 Å². The van der Waals surface area contributed by atoms with Crippen molar-refractivity contribution in [1.82, 2.24) is 0 Å². The highest BCUT2D eigenvalue weighted by Crippen LogP contribution is 2.39. The monoisotopic (exact) mass is 514 g/mol. The molecule has 2 atom stereocenters. The van der Waals surface area contributed by atoms with Gasteiger partial charge in [-0.2, -0.15) is 0 Å². The van der Waals surface area contributed by atoms with Crippen LogP contribution in [0.5, 0.6) is 34.5 Å². The largest absolute Gasteiger partial charge is 0.508 e. The molecule has 0 saturated carbocycles. The molecule has 0 aliphatic heterocycles. The fraction of sp³-hybridized carbons (Fsp3) is 0.161. The highest BCUT2D eigenvalue weighted by molar-refractivity contribution is 5.71. The van der Waals surface area contributed by atoms with Crippen molar-refractivity contribution in [1.29, 1.82) is 0 Å². The van der Waals surface area contributed by atoms with Crippen LogP contribution in [0.15, 0.2) is 84.9 Å². The number of aromatic hydroxyl groups is 3. The maximum Gasteiger partial charge on any atom is 0.154 e. The first-order valence-corrected chi connectivity index (χ1v) is 11.9. The van der Waals surface area contributed by atoms with Gasteiger partial charge in [-0.3, -0.25) is 0 Å². The normalized spacial score (nSPS) is 12.7. The summed E-state index contributed by atoms with van der Waals surface area (Å²) in [5.41, 5.74) is 3.19. The molecule has 0 bridgehead atoms. The van der Waals surface area contributed by atoms with Crippen LogP contribution in [0.2, 0.25) is 0 Å². The number of hydrogen-bond donors (Lipinski definition) is 3. The predicted molar refractivity (Wildman–Crippen MR) is 146 cm³/mol. The zero-order chi connectivity index (χ0) is 27.1. The van der Waals surface area contributed by atoms with Gasteiger partial charge in [0.25, 0.3) is 0 Å². The molecular formula is C31H30O7. The Hall–Kier alpha value is -4.62. The van der Waals surface area contributed by atoms with Crippen molar-refractivity contribution >= 4 is 12.2 Å². The molecule has 2 unspecified atom stereocenters. The summed E-state index contributed by atoms with van der Waals surface area (Å²) >= 11 is 0. The zero-order valence-electron chi connectivity index (χ0n) is 21.4. The van der Waals surface area contributed by atoms with Gasteiger partial charge >= 0.3 is 0 Å². The van der Waals surface area contributed by atoms with Gasteiger partial charge < -0.3 is 34.3 Å². The van der Waals surface area contributed by atoms with E-state index < -0.39 is 12.2 Å². The molecule has 196 valence electrons. The van der Waals surface area contributed by atoms with E-state index in [9.17, 15) is 15.3 Å². The van der Waals surface area contributed by atoms with E-state index in [-0.39, 0.29) is 17.2 Å². The molecular weight excluding hydrogens is 484 g/mol. The van der Waals surface area contributed by atoms with Crippen LogP contribution < -0.4 is 14.2 Å². The summed E-state index contributed by atoms with van der Waals surface area (Å²) < 4.78 is 23.4. The topological polar surface area (TPSA) is 97.6 Å². The maximum absolute atomic E-state index is 9.77. The number of ether oxygens (including phenoxy) is 4. The van der Waals surface area contributed by atoms with Gasteiger partial charge in [0.2, 0.25) is 0 Å². The highest BCUT2D eigenvalue weighted by atomic mass is 16.5. The summed E-state index contributed by atoms with van der Waals surface area (Å²) in [6.45, 7) is 0. The number of phenolic OH excluding ortho intramolecular Hbond substituents is 3. The molecule has 0 aromatic heterocycles. The van der Waals surface area contributed by atoms with E-state index in [0.717, 1.165) is 16.7 Å². The predicted octanol–water partition coefficient (Wildman–Crippen LogP) is 6.50. The molecule has 0 radical (unpaired) electrons. The second-order valence-electron chi connectivity index (χ2n) is 8.62. The number of benzene rings is 4. The van der Waals surface area contributed by atoms with Crippen molar-refractivity contribution in [3.05, 3.63) is 107 Å². The van der Waals surface area contributed by atoms with Crippen LogP contribution in [0.1, 0.15) is 34.5 Å². The zero-order valence-corrected chi connectivity index (χ0v) is 21.4. The Morgan fingerprint density at radius 1 is 0.526 bits per heavy atom. The standard InChI is InChI=1S/C31H30O7/c1-35-28-16-23(17-29(19-28)36-2)31(30(37-3)22-8-10-24(32)11-9-22)38-27-12-6-20(7-13-27)4-5-21-14-25(33)18-26(34)15-21/h4-19,30-34H,1-3H3/b5-4+. The molecule has 0 amide bonds. The first-order valence-electron chi connectivity index (χ1n) is 11.9. The minimum absolute atomic E-state index is 0.00469. The Balaban J connectivity index is 1.65. The van der Waals surface area contributed by atoms with Crippen LogP contribution in [0.4, 0.5) is 0 Å². The molecule has 4 aromatic carbocycles.